The van der Waals surface area contributed by atoms with Gasteiger partial charge < -0.3 is 9.80 Å². The number of halogens is 3. The Balaban J connectivity index is 3.30. The van der Waals surface area contributed by atoms with Crippen molar-refractivity contribution in [1.82, 2.24) is 9.80 Å². The van der Waals surface area contributed by atoms with Gasteiger partial charge in [0.2, 0.25) is 0 Å². The van der Waals surface area contributed by atoms with Crippen molar-refractivity contribution in [2.45, 2.75) is 17.6 Å². The Labute approximate surface area is 134 Å². The van der Waals surface area contributed by atoms with Gasteiger partial charge in [-0.1, -0.05) is 6.07 Å². The number of nitrogens with zero attached hydrogens (tertiary/aromatic N) is 3. The van der Waals surface area contributed by atoms with Crippen LogP contribution in [-0.2, 0) is 22.6 Å². The standard InChI is InChI=1S/C14H20F3N3O2S/c1-19(2)13(20(3)4)18-9-10-6-7-12(23(5,21)22)11(8-10)14(15,16)17/h6-8H,9H2,1-5H3. The molecule has 0 spiro atoms. The lowest BCUT2D eigenvalue weighted by molar-refractivity contribution is -0.139. The molecule has 130 valence electrons. The fourth-order valence-corrected chi connectivity index (χ4v) is 2.95. The van der Waals surface area contributed by atoms with E-state index in [0.717, 1.165) is 18.4 Å². The summed E-state index contributed by atoms with van der Waals surface area (Å²) in [6, 6.07) is 3.16. The van der Waals surface area contributed by atoms with Crippen molar-refractivity contribution in [1.29, 1.82) is 0 Å². The van der Waals surface area contributed by atoms with Crippen LogP contribution in [0.25, 0.3) is 0 Å². The van der Waals surface area contributed by atoms with E-state index in [2.05, 4.69) is 4.99 Å². The van der Waals surface area contributed by atoms with Crippen LogP contribution < -0.4 is 0 Å². The van der Waals surface area contributed by atoms with E-state index >= 15 is 0 Å². The highest BCUT2D eigenvalue weighted by Gasteiger charge is 2.36. The van der Waals surface area contributed by atoms with Crippen LogP contribution in [0.5, 0.6) is 0 Å². The second-order valence-corrected chi connectivity index (χ2v) is 7.49. The Morgan fingerprint density at radius 1 is 1.13 bits per heavy atom. The van der Waals surface area contributed by atoms with Crippen LogP contribution in [0.15, 0.2) is 28.1 Å². The molecule has 9 heteroatoms. The lowest BCUT2D eigenvalue weighted by Crippen LogP contribution is -2.35. The van der Waals surface area contributed by atoms with Crippen LogP contribution in [0.4, 0.5) is 13.2 Å². The summed E-state index contributed by atoms with van der Waals surface area (Å²) in [5.41, 5.74) is -0.880. The van der Waals surface area contributed by atoms with Crippen molar-refractivity contribution in [3.8, 4) is 0 Å². The van der Waals surface area contributed by atoms with Crippen LogP contribution >= 0.6 is 0 Å². The van der Waals surface area contributed by atoms with E-state index in [1.807, 2.05) is 0 Å². The molecule has 1 aromatic carbocycles. The number of alkyl halides is 3. The molecule has 5 nitrogen and oxygen atoms in total. The predicted molar refractivity (Wildman–Crippen MR) is 83.1 cm³/mol. The number of rotatable bonds is 3. The highest BCUT2D eigenvalue weighted by atomic mass is 32.2. The lowest BCUT2D eigenvalue weighted by atomic mass is 10.1. The summed E-state index contributed by atoms with van der Waals surface area (Å²) in [5, 5.41) is 0. The first-order valence-corrected chi connectivity index (χ1v) is 8.52. The monoisotopic (exact) mass is 351 g/mol. The first-order valence-electron chi connectivity index (χ1n) is 6.63. The molecule has 0 aliphatic rings. The first-order chi connectivity index (χ1) is 10.3. The Morgan fingerprint density at radius 2 is 1.65 bits per heavy atom. The molecule has 0 atom stereocenters. The normalized spacial score (nSPS) is 12.0. The minimum Gasteiger partial charge on any atom is -0.349 e. The molecule has 0 N–H and O–H groups in total. The van der Waals surface area contributed by atoms with Crippen molar-refractivity contribution in [3.63, 3.8) is 0 Å². The number of benzene rings is 1. The summed E-state index contributed by atoms with van der Waals surface area (Å²) in [5.74, 6) is 0.589. The zero-order valence-corrected chi connectivity index (χ0v) is 14.5. The van der Waals surface area contributed by atoms with Gasteiger partial charge in [0, 0.05) is 34.4 Å². The molecule has 0 heterocycles. The topological polar surface area (TPSA) is 53.0 Å². The number of aliphatic imine (C=N–C) groups is 1. The van der Waals surface area contributed by atoms with Crippen molar-refractivity contribution in [2.75, 3.05) is 34.4 Å². The van der Waals surface area contributed by atoms with E-state index < -0.39 is 26.5 Å². The maximum atomic E-state index is 13.1. The summed E-state index contributed by atoms with van der Waals surface area (Å²) >= 11 is 0. The third-order valence-corrected chi connectivity index (χ3v) is 4.11. The predicted octanol–water partition coefficient (Wildman–Crippen LogP) is 2.09. The zero-order valence-electron chi connectivity index (χ0n) is 13.6. The van der Waals surface area contributed by atoms with Gasteiger partial charge in [-0.3, -0.25) is 0 Å². The van der Waals surface area contributed by atoms with Crippen LogP contribution in [0.1, 0.15) is 11.1 Å². The number of sulfone groups is 1. The van der Waals surface area contributed by atoms with Crippen LogP contribution in [0.2, 0.25) is 0 Å². The molecule has 0 unspecified atom stereocenters. The fraction of sp³-hybridized carbons (Fsp3) is 0.500. The molecule has 0 saturated carbocycles. The molecule has 0 aliphatic heterocycles. The van der Waals surface area contributed by atoms with E-state index in [9.17, 15) is 21.6 Å². The molecule has 0 aliphatic carbocycles. The first kappa shape index (κ1) is 19.3. The molecule has 0 amide bonds. The van der Waals surface area contributed by atoms with E-state index in [1.165, 1.54) is 6.07 Å². The van der Waals surface area contributed by atoms with Gasteiger partial charge in [0.25, 0.3) is 0 Å². The summed E-state index contributed by atoms with van der Waals surface area (Å²) in [7, 11) is 3.12. The summed E-state index contributed by atoms with van der Waals surface area (Å²) in [4.78, 5) is 7.00. The number of hydrogen-bond acceptors (Lipinski definition) is 3. The summed E-state index contributed by atoms with van der Waals surface area (Å²) in [6.45, 7) is 0.0127. The quantitative estimate of drug-likeness (QED) is 0.618. The molecule has 1 aromatic rings. The minimum absolute atomic E-state index is 0.0127. The molecule has 23 heavy (non-hydrogen) atoms. The summed E-state index contributed by atoms with van der Waals surface area (Å²) < 4.78 is 62.3. The second kappa shape index (κ2) is 6.77. The van der Waals surface area contributed by atoms with E-state index in [4.69, 9.17) is 0 Å². The Kier molecular flexibility index (Phi) is 5.68. The molecule has 0 bridgehead atoms. The van der Waals surface area contributed by atoms with Crippen LogP contribution in [0, 0.1) is 0 Å². The molecule has 0 saturated heterocycles. The van der Waals surface area contributed by atoms with E-state index in [0.29, 0.717) is 5.96 Å². The lowest BCUT2D eigenvalue weighted by Gasteiger charge is -2.22. The largest absolute Gasteiger partial charge is 0.417 e. The molecule has 0 aromatic heterocycles. The van der Waals surface area contributed by atoms with Crippen molar-refractivity contribution >= 4 is 15.8 Å². The third kappa shape index (κ3) is 5.12. The van der Waals surface area contributed by atoms with E-state index in [1.54, 1.807) is 38.0 Å². The maximum Gasteiger partial charge on any atom is 0.417 e. The average molecular weight is 351 g/mol. The van der Waals surface area contributed by atoms with Crippen LogP contribution in [-0.4, -0.2) is 58.6 Å². The van der Waals surface area contributed by atoms with Crippen molar-refractivity contribution < 1.29 is 21.6 Å². The van der Waals surface area contributed by atoms with Gasteiger partial charge in [-0.25, -0.2) is 13.4 Å². The van der Waals surface area contributed by atoms with E-state index in [-0.39, 0.29) is 12.1 Å². The number of hydrogen-bond donors (Lipinski definition) is 0. The van der Waals surface area contributed by atoms with Crippen molar-refractivity contribution in [2.24, 2.45) is 4.99 Å². The van der Waals surface area contributed by atoms with Gasteiger partial charge in [-0.2, -0.15) is 13.2 Å². The Hall–Kier alpha value is -1.77. The highest BCUT2D eigenvalue weighted by molar-refractivity contribution is 7.90. The van der Waals surface area contributed by atoms with Gasteiger partial charge in [-0.15, -0.1) is 0 Å². The Morgan fingerprint density at radius 3 is 2.04 bits per heavy atom. The summed E-state index contributed by atoms with van der Waals surface area (Å²) in [6.07, 6.45) is -3.99. The molecular weight excluding hydrogens is 331 g/mol. The number of guanidine groups is 1. The smallest absolute Gasteiger partial charge is 0.349 e. The minimum atomic E-state index is -4.75. The second-order valence-electron chi connectivity index (χ2n) is 5.51. The fourth-order valence-electron chi connectivity index (χ4n) is 2.07. The van der Waals surface area contributed by atoms with Gasteiger partial charge in [0.05, 0.1) is 17.0 Å². The Bertz CT molecular complexity index is 686. The van der Waals surface area contributed by atoms with Gasteiger partial charge in [0.1, 0.15) is 0 Å². The maximum absolute atomic E-state index is 13.1. The third-order valence-electron chi connectivity index (χ3n) is 2.95. The average Bonchev–Trinajstić information content (AvgIpc) is 2.35. The zero-order chi connectivity index (χ0) is 18.0. The van der Waals surface area contributed by atoms with Gasteiger partial charge in [-0.05, 0) is 17.7 Å². The van der Waals surface area contributed by atoms with Gasteiger partial charge >= 0.3 is 6.18 Å². The SMILES string of the molecule is CN(C)C(=NCc1ccc(S(C)(=O)=O)c(C(F)(F)F)c1)N(C)C. The molecule has 0 fully saturated rings. The highest BCUT2D eigenvalue weighted by Crippen LogP contribution is 2.35. The molecule has 1 rings (SSSR count). The molecular formula is C14H20F3N3O2S. The van der Waals surface area contributed by atoms with Crippen LogP contribution in [0.3, 0.4) is 0 Å². The molecule has 0 radical (unpaired) electrons. The van der Waals surface area contributed by atoms with Gasteiger partial charge in [0.15, 0.2) is 15.8 Å². The van der Waals surface area contributed by atoms with Crippen molar-refractivity contribution in [3.05, 3.63) is 29.3 Å².